The Balaban J connectivity index is 1.43. The van der Waals surface area contributed by atoms with Crippen LogP contribution in [0.25, 0.3) is 0 Å². The zero-order valence-corrected chi connectivity index (χ0v) is 18.9. The average molecular weight is 409 g/mol. The molecule has 0 atom stereocenters. The molecule has 6 nitrogen and oxygen atoms in total. The van der Waals surface area contributed by atoms with Crippen LogP contribution in [-0.2, 0) is 13.0 Å². The van der Waals surface area contributed by atoms with Crippen molar-refractivity contribution in [1.82, 2.24) is 20.5 Å². The van der Waals surface area contributed by atoms with Crippen LogP contribution >= 0.6 is 0 Å². The monoisotopic (exact) mass is 408 g/mol. The molecule has 0 amide bonds. The fourth-order valence-electron chi connectivity index (χ4n) is 3.95. The topological polar surface area (TPSA) is 55.8 Å². The van der Waals surface area contributed by atoms with Crippen molar-refractivity contribution in [2.75, 3.05) is 51.2 Å². The number of guanidine groups is 1. The Morgan fingerprint density at radius 2 is 1.73 bits per heavy atom. The summed E-state index contributed by atoms with van der Waals surface area (Å²) in [5, 5.41) is 6.79. The van der Waals surface area contributed by atoms with Gasteiger partial charge in [0.05, 0.1) is 0 Å². The maximum atomic E-state index is 4.68. The third-order valence-electron chi connectivity index (χ3n) is 5.62. The summed E-state index contributed by atoms with van der Waals surface area (Å²) in [5.41, 5.74) is 5.14. The molecular formula is C24H36N6. The molecule has 0 spiro atoms. The smallest absolute Gasteiger partial charge is 0.191 e. The molecule has 1 aliphatic heterocycles. The van der Waals surface area contributed by atoms with E-state index in [1.807, 2.05) is 13.2 Å². The van der Waals surface area contributed by atoms with E-state index in [4.69, 9.17) is 0 Å². The van der Waals surface area contributed by atoms with Crippen LogP contribution in [0.5, 0.6) is 0 Å². The molecule has 0 unspecified atom stereocenters. The average Bonchev–Trinajstić information content (AvgIpc) is 2.76. The van der Waals surface area contributed by atoms with Crippen LogP contribution in [0.3, 0.4) is 0 Å². The van der Waals surface area contributed by atoms with Gasteiger partial charge in [-0.25, -0.2) is 4.98 Å². The zero-order valence-electron chi connectivity index (χ0n) is 18.9. The van der Waals surface area contributed by atoms with Crippen LogP contribution in [0.4, 0.5) is 5.82 Å². The third kappa shape index (κ3) is 6.46. The number of aromatic nitrogens is 1. The summed E-state index contributed by atoms with van der Waals surface area (Å²) >= 11 is 0. The van der Waals surface area contributed by atoms with Gasteiger partial charge < -0.3 is 20.4 Å². The van der Waals surface area contributed by atoms with Crippen molar-refractivity contribution in [2.45, 2.75) is 33.7 Å². The first kappa shape index (κ1) is 22.1. The predicted octanol–water partition coefficient (Wildman–Crippen LogP) is 2.75. The van der Waals surface area contributed by atoms with Crippen LogP contribution in [0.15, 0.2) is 41.5 Å². The fraction of sp³-hybridized carbons (Fsp3) is 0.500. The SMILES string of the molecule is CCN1CCN(c2ccc(CNC(=NC)NCCc3cc(C)cc(C)c3)cn2)CC1. The molecule has 2 N–H and O–H groups in total. The minimum absolute atomic E-state index is 0.708. The molecule has 1 aromatic heterocycles. The highest BCUT2D eigenvalue weighted by Crippen LogP contribution is 2.14. The Labute approximate surface area is 181 Å². The lowest BCUT2D eigenvalue weighted by molar-refractivity contribution is 0.270. The Bertz CT molecular complexity index is 802. The van der Waals surface area contributed by atoms with Gasteiger partial charge in [0.1, 0.15) is 5.82 Å². The van der Waals surface area contributed by atoms with E-state index in [9.17, 15) is 0 Å². The number of rotatable bonds is 7. The Morgan fingerprint density at radius 1 is 1.00 bits per heavy atom. The van der Waals surface area contributed by atoms with Crippen LogP contribution in [0.2, 0.25) is 0 Å². The van der Waals surface area contributed by atoms with Gasteiger partial charge in [0.25, 0.3) is 0 Å². The lowest BCUT2D eigenvalue weighted by Gasteiger charge is -2.34. The molecule has 1 aromatic carbocycles. The minimum atomic E-state index is 0.708. The third-order valence-corrected chi connectivity index (χ3v) is 5.62. The van der Waals surface area contributed by atoms with Crippen molar-refractivity contribution in [3.63, 3.8) is 0 Å². The van der Waals surface area contributed by atoms with Crippen LogP contribution in [-0.4, -0.2) is 62.2 Å². The number of aryl methyl sites for hydroxylation is 2. The van der Waals surface area contributed by atoms with Gasteiger partial charge in [-0.1, -0.05) is 42.3 Å². The fourth-order valence-corrected chi connectivity index (χ4v) is 3.95. The summed E-state index contributed by atoms with van der Waals surface area (Å²) < 4.78 is 0. The molecule has 6 heteroatoms. The molecule has 3 rings (SSSR count). The molecule has 2 aromatic rings. The Hall–Kier alpha value is -2.60. The van der Waals surface area contributed by atoms with E-state index in [-0.39, 0.29) is 0 Å². The highest BCUT2D eigenvalue weighted by molar-refractivity contribution is 5.79. The van der Waals surface area contributed by atoms with E-state index in [1.54, 1.807) is 0 Å². The normalized spacial score (nSPS) is 15.3. The number of benzene rings is 1. The molecule has 162 valence electrons. The second-order valence-corrected chi connectivity index (χ2v) is 8.04. The van der Waals surface area contributed by atoms with Gasteiger partial charge in [-0.15, -0.1) is 0 Å². The number of hydrogen-bond donors (Lipinski definition) is 2. The summed E-state index contributed by atoms with van der Waals surface area (Å²) in [6, 6.07) is 11.0. The Kier molecular flexibility index (Phi) is 8.08. The van der Waals surface area contributed by atoms with Crippen molar-refractivity contribution < 1.29 is 0 Å². The van der Waals surface area contributed by atoms with Crippen molar-refractivity contribution in [3.05, 3.63) is 58.8 Å². The number of pyridine rings is 1. The minimum Gasteiger partial charge on any atom is -0.356 e. The van der Waals surface area contributed by atoms with Crippen molar-refractivity contribution in [1.29, 1.82) is 0 Å². The number of anilines is 1. The first-order valence-electron chi connectivity index (χ1n) is 11.0. The molecule has 1 aliphatic rings. The van der Waals surface area contributed by atoms with Crippen LogP contribution < -0.4 is 15.5 Å². The van der Waals surface area contributed by atoms with E-state index < -0.39 is 0 Å². The number of nitrogens with zero attached hydrogens (tertiary/aromatic N) is 4. The number of hydrogen-bond acceptors (Lipinski definition) is 4. The van der Waals surface area contributed by atoms with E-state index >= 15 is 0 Å². The second kappa shape index (κ2) is 11.0. The molecular weight excluding hydrogens is 372 g/mol. The number of likely N-dealkylation sites (N-methyl/N-ethyl adjacent to an activating group) is 1. The highest BCUT2D eigenvalue weighted by atomic mass is 15.3. The zero-order chi connectivity index (χ0) is 21.3. The van der Waals surface area contributed by atoms with Crippen molar-refractivity contribution in [2.24, 2.45) is 4.99 Å². The molecule has 2 heterocycles. The van der Waals surface area contributed by atoms with Gasteiger partial charge in [-0.05, 0) is 44.0 Å². The molecule has 1 saturated heterocycles. The highest BCUT2D eigenvalue weighted by Gasteiger charge is 2.16. The van der Waals surface area contributed by atoms with Crippen molar-refractivity contribution >= 4 is 11.8 Å². The van der Waals surface area contributed by atoms with Gasteiger partial charge in [-0.3, -0.25) is 4.99 Å². The summed E-state index contributed by atoms with van der Waals surface area (Å²) in [7, 11) is 1.81. The van der Waals surface area contributed by atoms with E-state index in [2.05, 4.69) is 81.5 Å². The first-order valence-corrected chi connectivity index (χ1v) is 11.0. The molecule has 0 saturated carbocycles. The summed E-state index contributed by atoms with van der Waals surface area (Å²) in [6.07, 6.45) is 2.95. The van der Waals surface area contributed by atoms with Gasteiger partial charge >= 0.3 is 0 Å². The molecule has 0 aliphatic carbocycles. The summed E-state index contributed by atoms with van der Waals surface area (Å²) in [5.74, 6) is 1.89. The van der Waals surface area contributed by atoms with E-state index in [0.29, 0.717) is 6.54 Å². The van der Waals surface area contributed by atoms with Gasteiger partial charge in [0.15, 0.2) is 5.96 Å². The molecule has 30 heavy (non-hydrogen) atoms. The number of nitrogens with one attached hydrogen (secondary N) is 2. The molecule has 0 radical (unpaired) electrons. The largest absolute Gasteiger partial charge is 0.356 e. The standard InChI is InChI=1S/C24H36N6/c1-5-29-10-12-30(13-11-29)23-7-6-22(17-27-23)18-28-24(25-4)26-9-8-21-15-19(2)14-20(3)16-21/h6-7,14-17H,5,8-13,18H2,1-4H3,(H2,25,26,28). The van der Waals surface area contributed by atoms with E-state index in [0.717, 1.165) is 63.0 Å². The van der Waals surface area contributed by atoms with Crippen LogP contribution in [0, 0.1) is 13.8 Å². The summed E-state index contributed by atoms with van der Waals surface area (Å²) in [4.78, 5) is 13.9. The maximum Gasteiger partial charge on any atom is 0.191 e. The van der Waals surface area contributed by atoms with Crippen molar-refractivity contribution in [3.8, 4) is 0 Å². The van der Waals surface area contributed by atoms with Gasteiger partial charge in [0.2, 0.25) is 0 Å². The number of aliphatic imine (C=N–C) groups is 1. The second-order valence-electron chi connectivity index (χ2n) is 8.04. The lowest BCUT2D eigenvalue weighted by Crippen LogP contribution is -2.46. The van der Waals surface area contributed by atoms with Crippen LogP contribution in [0.1, 0.15) is 29.2 Å². The number of piperazine rings is 1. The molecule has 1 fully saturated rings. The quantitative estimate of drug-likeness (QED) is 0.545. The lowest BCUT2D eigenvalue weighted by atomic mass is 10.1. The predicted molar refractivity (Wildman–Crippen MR) is 126 cm³/mol. The van der Waals surface area contributed by atoms with Gasteiger partial charge in [-0.2, -0.15) is 0 Å². The summed E-state index contributed by atoms with van der Waals surface area (Å²) in [6.45, 7) is 13.5. The molecule has 0 bridgehead atoms. The van der Waals surface area contributed by atoms with E-state index in [1.165, 1.54) is 16.7 Å². The maximum absolute atomic E-state index is 4.68. The Morgan fingerprint density at radius 3 is 2.33 bits per heavy atom. The van der Waals surface area contributed by atoms with Gasteiger partial charge in [0, 0.05) is 52.5 Å². The first-order chi connectivity index (χ1) is 14.6.